The van der Waals surface area contributed by atoms with E-state index in [4.69, 9.17) is 5.73 Å². The number of nitrogens with one attached hydrogen (secondary N) is 1. The molecule has 116 valence electrons. The van der Waals surface area contributed by atoms with Crippen LogP contribution in [0.3, 0.4) is 0 Å². The van der Waals surface area contributed by atoms with Crippen molar-refractivity contribution in [2.45, 2.75) is 78.2 Å². The number of hydrogen-bond donors (Lipinski definition) is 2. The van der Waals surface area contributed by atoms with Gasteiger partial charge in [-0.1, -0.05) is 33.6 Å². The number of amides is 1. The highest BCUT2D eigenvalue weighted by Gasteiger charge is 2.59. The van der Waals surface area contributed by atoms with Crippen molar-refractivity contribution in [1.82, 2.24) is 5.32 Å². The molecule has 0 saturated heterocycles. The van der Waals surface area contributed by atoms with Gasteiger partial charge in [0.25, 0.3) is 0 Å². The Morgan fingerprint density at radius 1 is 1.20 bits per heavy atom. The molecule has 2 bridgehead atoms. The number of carbonyl (C=O) groups is 1. The molecule has 3 atom stereocenters. The van der Waals surface area contributed by atoms with Gasteiger partial charge in [-0.15, -0.1) is 0 Å². The van der Waals surface area contributed by atoms with Crippen molar-refractivity contribution in [2.24, 2.45) is 22.5 Å². The molecule has 0 aromatic heterocycles. The summed E-state index contributed by atoms with van der Waals surface area (Å²) in [5.74, 6) is 1.05. The maximum absolute atomic E-state index is 12.2. The Labute approximate surface area is 124 Å². The summed E-state index contributed by atoms with van der Waals surface area (Å²) in [6, 6.07) is 0.366. The zero-order valence-corrected chi connectivity index (χ0v) is 13.5. The Hall–Kier alpha value is -0.570. The molecule has 2 aliphatic rings. The molecular weight excluding hydrogens is 248 g/mol. The van der Waals surface area contributed by atoms with Crippen LogP contribution in [-0.2, 0) is 4.79 Å². The van der Waals surface area contributed by atoms with E-state index in [1.54, 1.807) is 0 Å². The predicted molar refractivity (Wildman–Crippen MR) is 83.3 cm³/mol. The van der Waals surface area contributed by atoms with Crippen molar-refractivity contribution in [3.05, 3.63) is 0 Å². The van der Waals surface area contributed by atoms with Crippen LogP contribution in [0.2, 0.25) is 0 Å². The topological polar surface area (TPSA) is 55.1 Å². The SMILES string of the molecule is CC12CCC(C1)C(C)(C)C2NC(=O)CCCCCCN. The molecule has 0 radical (unpaired) electrons. The fourth-order valence-corrected chi connectivity index (χ4v) is 4.68. The summed E-state index contributed by atoms with van der Waals surface area (Å²) < 4.78 is 0. The van der Waals surface area contributed by atoms with E-state index in [1.807, 2.05) is 0 Å². The van der Waals surface area contributed by atoms with Crippen LogP contribution in [0.1, 0.15) is 72.1 Å². The van der Waals surface area contributed by atoms with Crippen molar-refractivity contribution >= 4 is 5.91 Å². The number of hydrogen-bond acceptors (Lipinski definition) is 2. The van der Waals surface area contributed by atoms with E-state index in [2.05, 4.69) is 26.1 Å². The molecule has 0 spiro atoms. The molecule has 2 aliphatic carbocycles. The Kier molecular flexibility index (Phi) is 4.78. The summed E-state index contributed by atoms with van der Waals surface area (Å²) in [5.41, 5.74) is 6.08. The van der Waals surface area contributed by atoms with E-state index >= 15 is 0 Å². The summed E-state index contributed by atoms with van der Waals surface area (Å²) >= 11 is 0. The average molecular weight is 280 g/mol. The molecule has 3 heteroatoms. The first-order valence-corrected chi connectivity index (χ1v) is 8.39. The molecule has 1 amide bonds. The van der Waals surface area contributed by atoms with Crippen LogP contribution in [0.5, 0.6) is 0 Å². The lowest BCUT2D eigenvalue weighted by Gasteiger charge is -2.43. The first-order valence-electron chi connectivity index (χ1n) is 8.39. The minimum Gasteiger partial charge on any atom is -0.352 e. The molecule has 0 aliphatic heterocycles. The van der Waals surface area contributed by atoms with Crippen LogP contribution in [0.25, 0.3) is 0 Å². The van der Waals surface area contributed by atoms with E-state index < -0.39 is 0 Å². The Morgan fingerprint density at radius 2 is 1.90 bits per heavy atom. The number of rotatable bonds is 7. The normalized spacial score (nSPS) is 34.4. The smallest absolute Gasteiger partial charge is 0.220 e. The number of carbonyl (C=O) groups excluding carboxylic acids is 1. The number of fused-ring (bicyclic) bond motifs is 2. The lowest BCUT2D eigenvalue weighted by Crippen LogP contribution is -2.52. The van der Waals surface area contributed by atoms with Crippen LogP contribution >= 0.6 is 0 Å². The third-order valence-corrected chi connectivity index (χ3v) is 5.93. The van der Waals surface area contributed by atoms with Crippen molar-refractivity contribution in [3.8, 4) is 0 Å². The summed E-state index contributed by atoms with van der Waals surface area (Å²) in [7, 11) is 0. The highest BCUT2D eigenvalue weighted by molar-refractivity contribution is 5.76. The summed E-state index contributed by atoms with van der Waals surface area (Å²) in [4.78, 5) is 12.2. The number of nitrogens with two attached hydrogens (primary N) is 1. The van der Waals surface area contributed by atoms with Crippen molar-refractivity contribution in [3.63, 3.8) is 0 Å². The highest BCUT2D eigenvalue weighted by Crippen LogP contribution is 2.62. The van der Waals surface area contributed by atoms with Crippen LogP contribution < -0.4 is 11.1 Å². The minimum atomic E-state index is 0.254. The second-order valence-corrected chi connectivity index (χ2v) is 7.87. The first-order chi connectivity index (χ1) is 9.40. The zero-order chi connectivity index (χ0) is 14.8. The summed E-state index contributed by atoms with van der Waals surface area (Å²) in [5, 5.41) is 3.37. The van der Waals surface area contributed by atoms with Gasteiger partial charge in [-0.05, 0) is 55.4 Å². The third-order valence-electron chi connectivity index (χ3n) is 5.93. The van der Waals surface area contributed by atoms with Crippen LogP contribution in [0.4, 0.5) is 0 Å². The molecule has 2 fully saturated rings. The van der Waals surface area contributed by atoms with Crippen molar-refractivity contribution in [1.29, 1.82) is 0 Å². The monoisotopic (exact) mass is 280 g/mol. The molecule has 20 heavy (non-hydrogen) atoms. The largest absolute Gasteiger partial charge is 0.352 e. The lowest BCUT2D eigenvalue weighted by atomic mass is 9.68. The molecule has 2 saturated carbocycles. The maximum atomic E-state index is 12.2. The molecule has 0 heterocycles. The molecule has 2 rings (SSSR count). The van der Waals surface area contributed by atoms with Crippen LogP contribution in [-0.4, -0.2) is 18.5 Å². The number of unbranched alkanes of at least 4 members (excludes halogenated alkanes) is 3. The van der Waals surface area contributed by atoms with E-state index in [0.717, 1.165) is 38.1 Å². The summed E-state index contributed by atoms with van der Waals surface area (Å²) in [6.07, 6.45) is 8.95. The summed E-state index contributed by atoms with van der Waals surface area (Å²) in [6.45, 7) is 7.82. The minimum absolute atomic E-state index is 0.254. The van der Waals surface area contributed by atoms with Gasteiger partial charge in [-0.3, -0.25) is 4.79 Å². The Morgan fingerprint density at radius 3 is 2.50 bits per heavy atom. The van der Waals surface area contributed by atoms with Crippen molar-refractivity contribution in [2.75, 3.05) is 6.54 Å². The molecule has 3 unspecified atom stereocenters. The highest BCUT2D eigenvalue weighted by atomic mass is 16.1. The van der Waals surface area contributed by atoms with Crippen molar-refractivity contribution < 1.29 is 4.79 Å². The predicted octanol–water partition coefficient (Wildman–Crippen LogP) is 3.23. The van der Waals surface area contributed by atoms with Gasteiger partial charge < -0.3 is 11.1 Å². The second kappa shape index (κ2) is 6.05. The van der Waals surface area contributed by atoms with E-state index in [1.165, 1.54) is 19.3 Å². The quantitative estimate of drug-likeness (QED) is 0.703. The van der Waals surface area contributed by atoms with Gasteiger partial charge in [0.1, 0.15) is 0 Å². The van der Waals surface area contributed by atoms with Gasteiger partial charge >= 0.3 is 0 Å². The van der Waals surface area contributed by atoms with Gasteiger partial charge in [0.15, 0.2) is 0 Å². The second-order valence-electron chi connectivity index (χ2n) is 7.87. The van der Waals surface area contributed by atoms with E-state index in [9.17, 15) is 4.79 Å². The first kappa shape index (κ1) is 15.8. The van der Waals surface area contributed by atoms with Gasteiger partial charge in [-0.25, -0.2) is 0 Å². The van der Waals surface area contributed by atoms with Gasteiger partial charge in [0, 0.05) is 12.5 Å². The van der Waals surface area contributed by atoms with Gasteiger partial charge in [0.05, 0.1) is 0 Å². The van der Waals surface area contributed by atoms with E-state index in [-0.39, 0.29) is 11.3 Å². The van der Waals surface area contributed by atoms with Crippen LogP contribution in [0.15, 0.2) is 0 Å². The Balaban J connectivity index is 1.79. The molecule has 3 N–H and O–H groups in total. The molecule has 3 nitrogen and oxygen atoms in total. The standard InChI is InChI=1S/C17H32N2O/c1-16(2)13-9-10-17(3,12-13)15(16)19-14(20)8-6-4-5-7-11-18/h13,15H,4-12,18H2,1-3H3,(H,19,20). The fraction of sp³-hybridized carbons (Fsp3) is 0.941. The molecule has 0 aromatic rings. The Bertz CT molecular complexity index is 348. The zero-order valence-electron chi connectivity index (χ0n) is 13.5. The lowest BCUT2D eigenvalue weighted by molar-refractivity contribution is -0.124. The van der Waals surface area contributed by atoms with Crippen LogP contribution in [0, 0.1) is 16.7 Å². The van der Waals surface area contributed by atoms with E-state index in [0.29, 0.717) is 17.9 Å². The average Bonchev–Trinajstić information content (AvgIpc) is 2.86. The third kappa shape index (κ3) is 3.03. The maximum Gasteiger partial charge on any atom is 0.220 e. The van der Waals surface area contributed by atoms with Gasteiger partial charge in [0.2, 0.25) is 5.91 Å². The molecular formula is C17H32N2O. The fourth-order valence-electron chi connectivity index (χ4n) is 4.68. The van der Waals surface area contributed by atoms with Gasteiger partial charge in [-0.2, -0.15) is 0 Å². The molecule has 0 aromatic carbocycles.